The molecule has 7 heteroatoms. The van der Waals surface area contributed by atoms with E-state index in [1.807, 2.05) is 30.1 Å². The van der Waals surface area contributed by atoms with Crippen molar-refractivity contribution in [2.24, 2.45) is 5.92 Å². The van der Waals surface area contributed by atoms with Crippen LogP contribution < -0.4 is 10.6 Å². The predicted molar refractivity (Wildman–Crippen MR) is 95.6 cm³/mol. The first-order valence-corrected chi connectivity index (χ1v) is 8.66. The number of carbonyl (C=O) groups is 2. The second kappa shape index (κ2) is 8.04. The van der Waals surface area contributed by atoms with Gasteiger partial charge in [-0.05, 0) is 44.1 Å². The molecule has 1 aromatic rings. The minimum atomic E-state index is 0. The maximum absolute atomic E-state index is 12.6. The molecule has 1 unspecified atom stereocenters. The molecule has 126 valence electrons. The van der Waals surface area contributed by atoms with E-state index < -0.39 is 0 Å². The highest BCUT2D eigenvalue weighted by molar-refractivity contribution is 7.99. The quantitative estimate of drug-likeness (QED) is 0.872. The summed E-state index contributed by atoms with van der Waals surface area (Å²) in [7, 11) is 1.94. The largest absolute Gasteiger partial charge is 0.338 e. The fourth-order valence-corrected chi connectivity index (χ4v) is 3.95. The third kappa shape index (κ3) is 4.19. The molecule has 1 saturated heterocycles. The van der Waals surface area contributed by atoms with Gasteiger partial charge in [0.15, 0.2) is 0 Å². The summed E-state index contributed by atoms with van der Waals surface area (Å²) in [6, 6.07) is 5.64. The molecule has 1 aromatic carbocycles. The highest BCUT2D eigenvalue weighted by Crippen LogP contribution is 2.32. The van der Waals surface area contributed by atoms with E-state index in [4.69, 9.17) is 0 Å². The molecular weight excluding hydrogens is 334 g/mol. The van der Waals surface area contributed by atoms with Crippen LogP contribution in [0.25, 0.3) is 0 Å². The number of benzene rings is 1. The molecule has 0 spiro atoms. The van der Waals surface area contributed by atoms with Crippen molar-refractivity contribution in [3.05, 3.63) is 23.8 Å². The number of rotatable bonds is 3. The molecular formula is C16H22ClN3O2S. The number of carbonyl (C=O) groups excluding carboxylic acids is 2. The minimum absolute atomic E-state index is 0. The van der Waals surface area contributed by atoms with Crippen molar-refractivity contribution < 1.29 is 9.59 Å². The number of hydrogen-bond donors (Lipinski definition) is 2. The Labute approximate surface area is 147 Å². The molecule has 2 N–H and O–H groups in total. The van der Waals surface area contributed by atoms with Crippen LogP contribution in [-0.2, 0) is 4.79 Å². The molecule has 2 heterocycles. The first kappa shape index (κ1) is 18.1. The van der Waals surface area contributed by atoms with E-state index in [1.165, 1.54) is 0 Å². The van der Waals surface area contributed by atoms with Gasteiger partial charge in [-0.3, -0.25) is 9.59 Å². The van der Waals surface area contributed by atoms with Crippen LogP contribution in [0.3, 0.4) is 0 Å². The van der Waals surface area contributed by atoms with Gasteiger partial charge in [0.1, 0.15) is 0 Å². The molecule has 0 bridgehead atoms. The zero-order valence-electron chi connectivity index (χ0n) is 13.1. The van der Waals surface area contributed by atoms with E-state index in [0.717, 1.165) is 42.4 Å². The number of anilines is 1. The van der Waals surface area contributed by atoms with E-state index in [9.17, 15) is 9.59 Å². The van der Waals surface area contributed by atoms with Crippen LogP contribution in [-0.4, -0.2) is 49.1 Å². The average molecular weight is 356 g/mol. The third-order valence-corrected chi connectivity index (χ3v) is 5.23. The number of halogens is 1. The molecule has 0 radical (unpaired) electrons. The average Bonchev–Trinajstić information content (AvgIpc) is 2.88. The highest BCUT2D eigenvalue weighted by atomic mass is 35.5. The molecule has 0 saturated carbocycles. The summed E-state index contributed by atoms with van der Waals surface area (Å²) in [5.74, 6) is 1.39. The first-order valence-electron chi connectivity index (χ1n) is 7.68. The summed E-state index contributed by atoms with van der Waals surface area (Å²) >= 11 is 1.66. The van der Waals surface area contributed by atoms with Crippen molar-refractivity contribution in [3.8, 4) is 0 Å². The Balaban J connectivity index is 0.00000192. The Morgan fingerprint density at radius 3 is 3.09 bits per heavy atom. The Bertz CT molecular complexity index is 597. The lowest BCUT2D eigenvalue weighted by atomic mass is 10.1. The van der Waals surface area contributed by atoms with Gasteiger partial charge in [-0.1, -0.05) is 0 Å². The van der Waals surface area contributed by atoms with Crippen molar-refractivity contribution >= 4 is 41.7 Å². The third-order valence-electron chi connectivity index (χ3n) is 4.15. The number of nitrogens with zero attached hydrogens (tertiary/aromatic N) is 1. The summed E-state index contributed by atoms with van der Waals surface area (Å²) in [6.07, 6.45) is 1.56. The SMILES string of the molecule is CNCC1CCN(C(=O)c2ccc3c(c2)NC(=O)CCS3)C1.Cl. The molecule has 5 nitrogen and oxygen atoms in total. The maximum Gasteiger partial charge on any atom is 0.253 e. The van der Waals surface area contributed by atoms with Crippen molar-refractivity contribution in [3.63, 3.8) is 0 Å². The molecule has 2 aliphatic rings. The van der Waals surface area contributed by atoms with Crippen LogP contribution in [0.15, 0.2) is 23.1 Å². The summed E-state index contributed by atoms with van der Waals surface area (Å²) in [6.45, 7) is 2.56. The van der Waals surface area contributed by atoms with E-state index in [-0.39, 0.29) is 24.2 Å². The highest BCUT2D eigenvalue weighted by Gasteiger charge is 2.27. The van der Waals surface area contributed by atoms with Gasteiger partial charge in [-0.2, -0.15) is 0 Å². The van der Waals surface area contributed by atoms with Gasteiger partial charge >= 0.3 is 0 Å². The maximum atomic E-state index is 12.6. The van der Waals surface area contributed by atoms with Crippen LogP contribution in [0, 0.1) is 5.92 Å². The Morgan fingerprint density at radius 2 is 2.30 bits per heavy atom. The zero-order valence-corrected chi connectivity index (χ0v) is 14.8. The lowest BCUT2D eigenvalue weighted by Crippen LogP contribution is -2.30. The van der Waals surface area contributed by atoms with Crippen molar-refractivity contribution in [2.45, 2.75) is 17.7 Å². The minimum Gasteiger partial charge on any atom is -0.338 e. The first-order chi connectivity index (χ1) is 10.7. The van der Waals surface area contributed by atoms with Gasteiger partial charge in [-0.15, -0.1) is 24.2 Å². The van der Waals surface area contributed by atoms with E-state index in [2.05, 4.69) is 10.6 Å². The zero-order chi connectivity index (χ0) is 15.5. The van der Waals surface area contributed by atoms with E-state index in [1.54, 1.807) is 11.8 Å². The standard InChI is InChI=1S/C16H21N3O2S.ClH/c1-17-9-11-4-6-19(10-11)16(21)12-2-3-14-13(8-12)18-15(20)5-7-22-14;/h2-3,8,11,17H,4-7,9-10H2,1H3,(H,18,20);1H. The normalized spacial score (nSPS) is 20.3. The van der Waals surface area contributed by atoms with Crippen molar-refractivity contribution in [2.75, 3.05) is 37.8 Å². The molecule has 3 rings (SSSR count). The molecule has 2 aliphatic heterocycles. The van der Waals surface area contributed by atoms with Gasteiger partial charge in [0.2, 0.25) is 5.91 Å². The summed E-state index contributed by atoms with van der Waals surface area (Å²) in [5, 5.41) is 6.07. The lowest BCUT2D eigenvalue weighted by Gasteiger charge is -2.17. The number of thioether (sulfide) groups is 1. The van der Waals surface area contributed by atoms with Crippen LogP contribution >= 0.6 is 24.2 Å². The van der Waals surface area contributed by atoms with Crippen molar-refractivity contribution in [1.29, 1.82) is 0 Å². The number of nitrogens with one attached hydrogen (secondary N) is 2. The monoisotopic (exact) mass is 355 g/mol. The van der Waals surface area contributed by atoms with Crippen LogP contribution in [0.4, 0.5) is 5.69 Å². The second-order valence-corrected chi connectivity index (χ2v) is 6.96. The Kier molecular flexibility index (Phi) is 6.33. The van der Waals surface area contributed by atoms with E-state index in [0.29, 0.717) is 17.9 Å². The molecule has 0 aliphatic carbocycles. The van der Waals surface area contributed by atoms with Crippen LogP contribution in [0.1, 0.15) is 23.2 Å². The molecule has 1 atom stereocenters. The van der Waals surface area contributed by atoms with E-state index >= 15 is 0 Å². The van der Waals surface area contributed by atoms with Crippen LogP contribution in [0.2, 0.25) is 0 Å². The lowest BCUT2D eigenvalue weighted by molar-refractivity contribution is -0.115. The fraction of sp³-hybridized carbons (Fsp3) is 0.500. The Hall–Kier alpha value is -1.24. The second-order valence-electron chi connectivity index (χ2n) is 5.82. The summed E-state index contributed by atoms with van der Waals surface area (Å²) < 4.78 is 0. The fourth-order valence-electron chi connectivity index (χ4n) is 3.01. The molecule has 1 fully saturated rings. The van der Waals surface area contributed by atoms with Gasteiger partial charge in [0, 0.05) is 35.7 Å². The van der Waals surface area contributed by atoms with Crippen molar-refractivity contribution in [1.82, 2.24) is 10.2 Å². The smallest absolute Gasteiger partial charge is 0.253 e. The number of fused-ring (bicyclic) bond motifs is 1. The molecule has 0 aromatic heterocycles. The number of amides is 2. The molecule has 2 amide bonds. The van der Waals surface area contributed by atoms with Gasteiger partial charge in [0.25, 0.3) is 5.91 Å². The topological polar surface area (TPSA) is 61.4 Å². The number of likely N-dealkylation sites (tertiary alicyclic amines) is 1. The summed E-state index contributed by atoms with van der Waals surface area (Å²) in [4.78, 5) is 27.3. The predicted octanol–water partition coefficient (Wildman–Crippen LogP) is 2.22. The Morgan fingerprint density at radius 1 is 1.48 bits per heavy atom. The van der Waals surface area contributed by atoms with Crippen LogP contribution in [0.5, 0.6) is 0 Å². The van der Waals surface area contributed by atoms with Gasteiger partial charge in [-0.25, -0.2) is 0 Å². The van der Waals surface area contributed by atoms with Gasteiger partial charge < -0.3 is 15.5 Å². The summed E-state index contributed by atoms with van der Waals surface area (Å²) in [5.41, 5.74) is 1.43. The number of hydrogen-bond acceptors (Lipinski definition) is 4. The van der Waals surface area contributed by atoms with Gasteiger partial charge in [0.05, 0.1) is 5.69 Å². The molecule has 23 heavy (non-hydrogen) atoms.